The third kappa shape index (κ3) is 2.61. The zero-order valence-electron chi connectivity index (χ0n) is 9.10. The molecule has 1 aromatic rings. The lowest BCUT2D eigenvalue weighted by atomic mass is 9.89. The fraction of sp³-hybridized carbons (Fsp3) is 0.545. The molecule has 1 heterocycles. The first-order valence-corrected chi connectivity index (χ1v) is 6.09. The summed E-state index contributed by atoms with van der Waals surface area (Å²) in [4.78, 5) is 12.1. The van der Waals surface area contributed by atoms with Gasteiger partial charge in [-0.2, -0.15) is 0 Å². The van der Waals surface area contributed by atoms with E-state index in [0.29, 0.717) is 17.0 Å². The molecule has 0 saturated heterocycles. The summed E-state index contributed by atoms with van der Waals surface area (Å²) in [5.41, 5.74) is 0. The molecule has 0 bridgehead atoms. The van der Waals surface area contributed by atoms with Crippen LogP contribution in [0, 0.1) is 0 Å². The first-order valence-electron chi connectivity index (χ1n) is 5.27. The number of hydrogen-bond acceptors (Lipinski definition) is 4. The summed E-state index contributed by atoms with van der Waals surface area (Å²) >= 11 is 1.33. The Morgan fingerprint density at radius 3 is 2.94 bits per heavy atom. The maximum atomic E-state index is 10.7. The number of thiophene rings is 1. The smallest absolute Gasteiger partial charge is 0.345 e. The lowest BCUT2D eigenvalue weighted by Gasteiger charge is -2.34. The van der Waals surface area contributed by atoms with E-state index in [1.807, 2.05) is 6.07 Å². The van der Waals surface area contributed by atoms with Crippen molar-refractivity contribution in [3.8, 4) is 0 Å². The average Bonchev–Trinajstić information content (AvgIpc) is 2.64. The van der Waals surface area contributed by atoms with Crippen LogP contribution in [0.1, 0.15) is 27.4 Å². The number of nitrogens with one attached hydrogen (secondary N) is 1. The SMILES string of the molecule is COC1CC(NCc2ccc(C(=O)O)s2)C1. The maximum Gasteiger partial charge on any atom is 0.345 e. The Bertz CT molecular complexity index is 371. The molecule has 1 aliphatic carbocycles. The molecule has 0 unspecified atom stereocenters. The number of methoxy groups -OCH3 is 1. The molecule has 0 aromatic carbocycles. The Hall–Kier alpha value is -0.910. The van der Waals surface area contributed by atoms with Gasteiger partial charge in [-0.05, 0) is 25.0 Å². The molecule has 2 N–H and O–H groups in total. The summed E-state index contributed by atoms with van der Waals surface area (Å²) in [6.45, 7) is 0.749. The average molecular weight is 241 g/mol. The van der Waals surface area contributed by atoms with Gasteiger partial charge < -0.3 is 15.2 Å². The zero-order valence-corrected chi connectivity index (χ0v) is 9.92. The normalized spacial score (nSPS) is 24.1. The van der Waals surface area contributed by atoms with Gasteiger partial charge >= 0.3 is 5.97 Å². The van der Waals surface area contributed by atoms with E-state index in [-0.39, 0.29) is 0 Å². The Labute approximate surface area is 98.2 Å². The van der Waals surface area contributed by atoms with E-state index in [2.05, 4.69) is 5.32 Å². The molecule has 0 atom stereocenters. The van der Waals surface area contributed by atoms with Crippen molar-refractivity contribution in [1.29, 1.82) is 0 Å². The third-order valence-electron chi connectivity index (χ3n) is 2.87. The van der Waals surface area contributed by atoms with Crippen LogP contribution in [0.15, 0.2) is 12.1 Å². The zero-order chi connectivity index (χ0) is 11.5. The lowest BCUT2D eigenvalue weighted by molar-refractivity contribution is 0.0170. The highest BCUT2D eigenvalue weighted by molar-refractivity contribution is 7.13. The Morgan fingerprint density at radius 1 is 1.62 bits per heavy atom. The molecular weight excluding hydrogens is 226 g/mol. The quantitative estimate of drug-likeness (QED) is 0.824. The van der Waals surface area contributed by atoms with Gasteiger partial charge in [0.25, 0.3) is 0 Å². The molecule has 4 nitrogen and oxygen atoms in total. The minimum atomic E-state index is -0.848. The van der Waals surface area contributed by atoms with Crippen LogP contribution in [0.4, 0.5) is 0 Å². The fourth-order valence-corrected chi connectivity index (χ4v) is 2.55. The molecule has 5 heteroatoms. The number of carboxylic acid groups (broad SMARTS) is 1. The third-order valence-corrected chi connectivity index (χ3v) is 3.94. The topological polar surface area (TPSA) is 58.6 Å². The van der Waals surface area contributed by atoms with E-state index >= 15 is 0 Å². The van der Waals surface area contributed by atoms with Crippen LogP contribution >= 0.6 is 11.3 Å². The summed E-state index contributed by atoms with van der Waals surface area (Å²) in [7, 11) is 1.74. The van der Waals surface area contributed by atoms with E-state index in [1.54, 1.807) is 13.2 Å². The first kappa shape index (κ1) is 11.6. The second-order valence-corrected chi connectivity index (χ2v) is 5.15. The fourth-order valence-electron chi connectivity index (χ4n) is 1.76. The molecule has 1 aliphatic rings. The summed E-state index contributed by atoms with van der Waals surface area (Å²) < 4.78 is 5.19. The highest BCUT2D eigenvalue weighted by Crippen LogP contribution is 2.23. The van der Waals surface area contributed by atoms with Gasteiger partial charge in [0.1, 0.15) is 4.88 Å². The molecule has 1 fully saturated rings. The monoisotopic (exact) mass is 241 g/mol. The number of ether oxygens (including phenoxy) is 1. The van der Waals surface area contributed by atoms with Crippen LogP contribution < -0.4 is 5.32 Å². The second-order valence-electron chi connectivity index (χ2n) is 3.98. The van der Waals surface area contributed by atoms with Crippen LogP contribution in [-0.4, -0.2) is 30.3 Å². The van der Waals surface area contributed by atoms with Gasteiger partial charge in [0, 0.05) is 24.6 Å². The Morgan fingerprint density at radius 2 is 2.38 bits per heavy atom. The van der Waals surface area contributed by atoms with Crippen molar-refractivity contribution in [2.45, 2.75) is 31.5 Å². The van der Waals surface area contributed by atoms with Crippen LogP contribution in [-0.2, 0) is 11.3 Å². The number of carbonyl (C=O) groups is 1. The largest absolute Gasteiger partial charge is 0.477 e. The van der Waals surface area contributed by atoms with Gasteiger partial charge in [-0.25, -0.2) is 4.79 Å². The Balaban J connectivity index is 1.75. The highest BCUT2D eigenvalue weighted by Gasteiger charge is 2.28. The van der Waals surface area contributed by atoms with E-state index in [9.17, 15) is 4.79 Å². The first-order chi connectivity index (χ1) is 7.69. The van der Waals surface area contributed by atoms with Crippen molar-refractivity contribution in [3.05, 3.63) is 21.9 Å². The predicted molar refractivity (Wildman–Crippen MR) is 61.9 cm³/mol. The van der Waals surface area contributed by atoms with Crippen molar-refractivity contribution in [3.63, 3.8) is 0 Å². The molecule has 0 amide bonds. The van der Waals surface area contributed by atoms with Crippen molar-refractivity contribution < 1.29 is 14.6 Å². The number of carboxylic acids is 1. The van der Waals surface area contributed by atoms with Gasteiger partial charge in [0.15, 0.2) is 0 Å². The highest BCUT2D eigenvalue weighted by atomic mass is 32.1. The Kier molecular flexibility index (Phi) is 3.58. The van der Waals surface area contributed by atoms with Crippen molar-refractivity contribution in [1.82, 2.24) is 5.32 Å². The second kappa shape index (κ2) is 4.95. The number of aromatic carboxylic acids is 1. The van der Waals surface area contributed by atoms with Gasteiger partial charge in [-0.15, -0.1) is 11.3 Å². The summed E-state index contributed by atoms with van der Waals surface area (Å²) in [5.74, 6) is -0.848. The van der Waals surface area contributed by atoms with E-state index in [4.69, 9.17) is 9.84 Å². The minimum absolute atomic E-state index is 0.399. The van der Waals surface area contributed by atoms with Crippen molar-refractivity contribution >= 4 is 17.3 Å². The molecule has 0 aliphatic heterocycles. The van der Waals surface area contributed by atoms with E-state index in [1.165, 1.54) is 11.3 Å². The van der Waals surface area contributed by atoms with Crippen LogP contribution in [0.3, 0.4) is 0 Å². The van der Waals surface area contributed by atoms with Gasteiger partial charge in [0.2, 0.25) is 0 Å². The molecule has 88 valence electrons. The number of rotatable bonds is 5. The molecule has 2 rings (SSSR count). The lowest BCUT2D eigenvalue weighted by Crippen LogP contribution is -2.44. The molecule has 16 heavy (non-hydrogen) atoms. The molecule has 1 saturated carbocycles. The van der Waals surface area contributed by atoms with Crippen LogP contribution in [0.25, 0.3) is 0 Å². The molecular formula is C11H15NO3S. The van der Waals surface area contributed by atoms with Crippen LogP contribution in [0.2, 0.25) is 0 Å². The summed E-state index contributed by atoms with van der Waals surface area (Å²) in [6.07, 6.45) is 2.50. The van der Waals surface area contributed by atoms with Crippen molar-refractivity contribution in [2.24, 2.45) is 0 Å². The molecule has 0 radical (unpaired) electrons. The van der Waals surface area contributed by atoms with E-state index in [0.717, 1.165) is 24.3 Å². The summed E-state index contributed by atoms with van der Waals surface area (Å²) in [6, 6.07) is 4.04. The maximum absolute atomic E-state index is 10.7. The van der Waals surface area contributed by atoms with Gasteiger partial charge in [-0.1, -0.05) is 0 Å². The minimum Gasteiger partial charge on any atom is -0.477 e. The van der Waals surface area contributed by atoms with E-state index < -0.39 is 5.97 Å². The van der Waals surface area contributed by atoms with Gasteiger partial charge in [-0.3, -0.25) is 0 Å². The predicted octanol–water partition coefficient (Wildman–Crippen LogP) is 1.71. The molecule has 0 spiro atoms. The van der Waals surface area contributed by atoms with Crippen LogP contribution in [0.5, 0.6) is 0 Å². The standard InChI is InChI=1S/C11H15NO3S/c1-15-8-4-7(5-8)12-6-9-2-3-10(16-9)11(13)14/h2-3,7-8,12H,4-6H2,1H3,(H,13,14). The van der Waals surface area contributed by atoms with Crippen molar-refractivity contribution in [2.75, 3.05) is 7.11 Å². The molecule has 1 aromatic heterocycles. The number of hydrogen-bond donors (Lipinski definition) is 2. The van der Waals surface area contributed by atoms with Gasteiger partial charge in [0.05, 0.1) is 6.10 Å². The summed E-state index contributed by atoms with van der Waals surface area (Å²) in [5, 5.41) is 12.2.